The van der Waals surface area contributed by atoms with E-state index in [0.29, 0.717) is 34.2 Å². The summed E-state index contributed by atoms with van der Waals surface area (Å²) in [6.45, 7) is 3.88. The van der Waals surface area contributed by atoms with Crippen LogP contribution in [-0.2, 0) is 9.59 Å². The van der Waals surface area contributed by atoms with Crippen LogP contribution >= 0.6 is 0 Å². The number of rotatable bonds is 6. The number of piperazine rings is 1. The molecule has 4 rings (SSSR count). The first kappa shape index (κ1) is 23.2. The van der Waals surface area contributed by atoms with E-state index in [1.165, 1.54) is 12.0 Å². The van der Waals surface area contributed by atoms with Crippen molar-refractivity contribution in [3.63, 3.8) is 0 Å². The normalized spacial score (nSPS) is 16.0. The standard InChI is InChI=1S/C27H28N2O5/c1-17-6-9-20(14-18(17)2)29-25(30)16-28(23-15-22(33-4)12-13-24(23)34-5)27(31)26(29)19-7-10-21(32-3)11-8-19/h6-15,26H,16H2,1-5H3/t26-/m0/s1. The lowest BCUT2D eigenvalue weighted by Crippen LogP contribution is -2.56. The van der Waals surface area contributed by atoms with Crippen LogP contribution < -0.4 is 24.0 Å². The van der Waals surface area contributed by atoms with Gasteiger partial charge in [0.1, 0.15) is 29.8 Å². The molecule has 7 nitrogen and oxygen atoms in total. The fourth-order valence-electron chi connectivity index (χ4n) is 4.15. The summed E-state index contributed by atoms with van der Waals surface area (Å²) in [4.78, 5) is 30.7. The number of benzene rings is 3. The van der Waals surface area contributed by atoms with E-state index < -0.39 is 6.04 Å². The topological polar surface area (TPSA) is 68.3 Å². The largest absolute Gasteiger partial charge is 0.497 e. The molecule has 0 unspecified atom stereocenters. The third-order valence-corrected chi connectivity index (χ3v) is 6.20. The van der Waals surface area contributed by atoms with E-state index in [-0.39, 0.29) is 18.4 Å². The number of ether oxygens (including phenoxy) is 3. The van der Waals surface area contributed by atoms with Crippen LogP contribution in [0.2, 0.25) is 0 Å². The number of amides is 2. The number of anilines is 2. The van der Waals surface area contributed by atoms with Gasteiger partial charge >= 0.3 is 0 Å². The van der Waals surface area contributed by atoms with Gasteiger partial charge in [-0.2, -0.15) is 0 Å². The van der Waals surface area contributed by atoms with Crippen LogP contribution in [0.25, 0.3) is 0 Å². The first-order valence-electron chi connectivity index (χ1n) is 10.9. The lowest BCUT2D eigenvalue weighted by molar-refractivity contribution is -0.128. The van der Waals surface area contributed by atoms with Crippen molar-refractivity contribution >= 4 is 23.2 Å². The third-order valence-electron chi connectivity index (χ3n) is 6.20. The van der Waals surface area contributed by atoms with Crippen LogP contribution in [0.1, 0.15) is 22.7 Å². The second kappa shape index (κ2) is 9.47. The van der Waals surface area contributed by atoms with Crippen molar-refractivity contribution in [3.8, 4) is 17.2 Å². The molecular weight excluding hydrogens is 432 g/mol. The molecule has 1 atom stereocenters. The van der Waals surface area contributed by atoms with Gasteiger partial charge in [-0.1, -0.05) is 18.2 Å². The van der Waals surface area contributed by atoms with Crippen LogP contribution in [0, 0.1) is 13.8 Å². The maximum Gasteiger partial charge on any atom is 0.255 e. The molecule has 0 aliphatic carbocycles. The van der Waals surface area contributed by atoms with Crippen molar-refractivity contribution in [2.45, 2.75) is 19.9 Å². The van der Waals surface area contributed by atoms with Crippen molar-refractivity contribution in [1.82, 2.24) is 0 Å². The van der Waals surface area contributed by atoms with Gasteiger partial charge in [0, 0.05) is 11.8 Å². The molecule has 3 aromatic rings. The van der Waals surface area contributed by atoms with Gasteiger partial charge in [-0.15, -0.1) is 0 Å². The summed E-state index contributed by atoms with van der Waals surface area (Å²) in [5, 5.41) is 0. The summed E-state index contributed by atoms with van der Waals surface area (Å²) >= 11 is 0. The summed E-state index contributed by atoms with van der Waals surface area (Å²) in [7, 11) is 4.67. The predicted octanol–water partition coefficient (Wildman–Crippen LogP) is 4.45. The molecule has 7 heteroatoms. The average Bonchev–Trinajstić information content (AvgIpc) is 2.86. The number of carbonyl (C=O) groups is 2. The Hall–Kier alpha value is -4.00. The maximum absolute atomic E-state index is 14.0. The second-order valence-electron chi connectivity index (χ2n) is 8.17. The fourth-order valence-corrected chi connectivity index (χ4v) is 4.15. The third kappa shape index (κ3) is 4.17. The van der Waals surface area contributed by atoms with Crippen molar-refractivity contribution < 1.29 is 23.8 Å². The number of aryl methyl sites for hydroxylation is 2. The number of nitrogens with zero attached hydrogens (tertiary/aromatic N) is 2. The van der Waals surface area contributed by atoms with E-state index in [0.717, 1.165) is 11.1 Å². The van der Waals surface area contributed by atoms with Gasteiger partial charge in [0.15, 0.2) is 0 Å². The van der Waals surface area contributed by atoms with Crippen LogP contribution in [0.4, 0.5) is 11.4 Å². The van der Waals surface area contributed by atoms with Gasteiger partial charge in [-0.05, 0) is 66.9 Å². The smallest absolute Gasteiger partial charge is 0.255 e. The van der Waals surface area contributed by atoms with Crippen LogP contribution in [0.15, 0.2) is 60.7 Å². The highest BCUT2D eigenvalue weighted by molar-refractivity contribution is 6.15. The molecule has 1 aliphatic rings. The van der Waals surface area contributed by atoms with Crippen molar-refractivity contribution in [1.29, 1.82) is 0 Å². The fraction of sp³-hybridized carbons (Fsp3) is 0.259. The summed E-state index contributed by atoms with van der Waals surface area (Å²) in [6.07, 6.45) is 0. The van der Waals surface area contributed by atoms with Gasteiger partial charge in [-0.25, -0.2) is 0 Å². The Kier molecular flexibility index (Phi) is 6.45. The van der Waals surface area contributed by atoms with E-state index in [2.05, 4.69) is 0 Å². The lowest BCUT2D eigenvalue weighted by atomic mass is 9.98. The first-order valence-corrected chi connectivity index (χ1v) is 10.9. The van der Waals surface area contributed by atoms with Gasteiger partial charge < -0.3 is 14.2 Å². The quantitative estimate of drug-likeness (QED) is 0.544. The predicted molar refractivity (Wildman–Crippen MR) is 131 cm³/mol. The van der Waals surface area contributed by atoms with E-state index in [1.54, 1.807) is 49.5 Å². The molecule has 0 aromatic heterocycles. The highest BCUT2D eigenvalue weighted by atomic mass is 16.5. The Morgan fingerprint density at radius 1 is 0.765 bits per heavy atom. The van der Waals surface area contributed by atoms with E-state index >= 15 is 0 Å². The minimum atomic E-state index is -0.856. The van der Waals surface area contributed by atoms with Crippen LogP contribution in [0.3, 0.4) is 0 Å². The molecule has 0 radical (unpaired) electrons. The summed E-state index contributed by atoms with van der Waals surface area (Å²) < 4.78 is 16.1. The zero-order valence-electron chi connectivity index (χ0n) is 20.0. The van der Waals surface area contributed by atoms with E-state index in [4.69, 9.17) is 14.2 Å². The monoisotopic (exact) mass is 460 g/mol. The molecule has 0 spiro atoms. The molecule has 0 N–H and O–H groups in total. The maximum atomic E-state index is 14.0. The highest BCUT2D eigenvalue weighted by Crippen LogP contribution is 2.39. The van der Waals surface area contributed by atoms with Crippen LogP contribution in [-0.4, -0.2) is 39.7 Å². The highest BCUT2D eigenvalue weighted by Gasteiger charge is 2.42. The van der Waals surface area contributed by atoms with Crippen molar-refractivity contribution in [2.75, 3.05) is 37.7 Å². The molecule has 0 saturated carbocycles. The minimum absolute atomic E-state index is 0.123. The van der Waals surface area contributed by atoms with E-state index in [1.807, 2.05) is 44.2 Å². The summed E-state index contributed by atoms with van der Waals surface area (Å²) in [5.41, 5.74) is 4.01. The Morgan fingerprint density at radius 2 is 1.44 bits per heavy atom. The number of carbonyl (C=O) groups excluding carboxylic acids is 2. The number of hydrogen-bond acceptors (Lipinski definition) is 5. The van der Waals surface area contributed by atoms with Crippen molar-refractivity contribution in [3.05, 3.63) is 77.4 Å². The molecule has 0 bridgehead atoms. The number of methoxy groups -OCH3 is 3. The van der Waals surface area contributed by atoms with Gasteiger partial charge in [0.05, 0.1) is 27.0 Å². The van der Waals surface area contributed by atoms with Crippen molar-refractivity contribution in [2.24, 2.45) is 0 Å². The molecule has 1 fully saturated rings. The Balaban J connectivity index is 1.85. The van der Waals surface area contributed by atoms with Gasteiger partial charge in [0.2, 0.25) is 5.91 Å². The zero-order chi connectivity index (χ0) is 24.4. The minimum Gasteiger partial charge on any atom is -0.497 e. The van der Waals surface area contributed by atoms with Gasteiger partial charge in [0.25, 0.3) is 5.91 Å². The Labute approximate surface area is 199 Å². The molecule has 1 saturated heterocycles. The summed E-state index contributed by atoms with van der Waals surface area (Å²) in [6, 6.07) is 17.3. The SMILES string of the molecule is COc1ccc([C@H]2C(=O)N(c3cc(OC)ccc3OC)CC(=O)N2c2ccc(C)c(C)c2)cc1. The second-order valence-corrected chi connectivity index (χ2v) is 8.17. The Bertz CT molecular complexity index is 1220. The summed E-state index contributed by atoms with van der Waals surface area (Å²) in [5.74, 6) is 1.27. The first-order chi connectivity index (χ1) is 16.4. The molecular formula is C27H28N2O5. The number of hydrogen-bond donors (Lipinski definition) is 0. The van der Waals surface area contributed by atoms with Crippen LogP contribution in [0.5, 0.6) is 17.2 Å². The Morgan fingerprint density at radius 3 is 2.06 bits per heavy atom. The molecule has 1 aliphatic heterocycles. The van der Waals surface area contributed by atoms with Gasteiger partial charge in [-0.3, -0.25) is 19.4 Å². The molecule has 34 heavy (non-hydrogen) atoms. The molecule has 1 heterocycles. The molecule has 176 valence electrons. The molecule has 3 aromatic carbocycles. The average molecular weight is 461 g/mol. The van der Waals surface area contributed by atoms with E-state index in [9.17, 15) is 9.59 Å². The lowest BCUT2D eigenvalue weighted by Gasteiger charge is -2.41. The molecule has 2 amide bonds. The zero-order valence-corrected chi connectivity index (χ0v) is 20.0.